The smallest absolute Gasteiger partial charge is 0.0642 e. The third-order valence-electron chi connectivity index (χ3n) is 3.10. The molecule has 0 radical (unpaired) electrons. The number of unbranched alkanes of at least 4 members (excludes halogenated alkanes) is 2. The molecule has 0 aliphatic heterocycles. The van der Waals surface area contributed by atoms with E-state index in [9.17, 15) is 0 Å². The van der Waals surface area contributed by atoms with Gasteiger partial charge in [0.2, 0.25) is 0 Å². The molecule has 0 spiro atoms. The molecule has 0 unspecified atom stereocenters. The molecule has 18 heavy (non-hydrogen) atoms. The zero-order chi connectivity index (χ0) is 13.4. The number of nitrogens with one attached hydrogen (secondary N) is 1. The van der Waals surface area contributed by atoms with Crippen LogP contribution in [0.2, 0.25) is 5.02 Å². The van der Waals surface area contributed by atoms with Crippen molar-refractivity contribution in [3.05, 3.63) is 28.8 Å². The standard InChI is InChI=1S/C15H25ClN2/c1-4-6-7-10-18(3)15-9-8-13(11-14(15)16)12-17-5-2/h8-9,11,17H,4-7,10,12H2,1-3H3. The monoisotopic (exact) mass is 268 g/mol. The van der Waals surface area contributed by atoms with Crippen molar-refractivity contribution >= 4 is 17.3 Å². The summed E-state index contributed by atoms with van der Waals surface area (Å²) in [7, 11) is 2.11. The minimum Gasteiger partial charge on any atom is -0.373 e. The van der Waals surface area contributed by atoms with Crippen molar-refractivity contribution in [3.63, 3.8) is 0 Å². The lowest BCUT2D eigenvalue weighted by Gasteiger charge is -2.21. The third kappa shape index (κ3) is 4.87. The first-order chi connectivity index (χ1) is 8.69. The van der Waals surface area contributed by atoms with Crippen molar-refractivity contribution in [2.24, 2.45) is 0 Å². The van der Waals surface area contributed by atoms with Gasteiger partial charge in [0, 0.05) is 20.1 Å². The third-order valence-corrected chi connectivity index (χ3v) is 3.40. The van der Waals surface area contributed by atoms with E-state index < -0.39 is 0 Å². The van der Waals surface area contributed by atoms with Crippen molar-refractivity contribution in [2.75, 3.05) is 25.0 Å². The van der Waals surface area contributed by atoms with Gasteiger partial charge in [-0.3, -0.25) is 0 Å². The molecule has 3 heteroatoms. The van der Waals surface area contributed by atoms with Crippen molar-refractivity contribution in [1.29, 1.82) is 0 Å². The highest BCUT2D eigenvalue weighted by atomic mass is 35.5. The van der Waals surface area contributed by atoms with Gasteiger partial charge in [-0.15, -0.1) is 0 Å². The molecule has 1 N–H and O–H groups in total. The highest BCUT2D eigenvalue weighted by Crippen LogP contribution is 2.26. The van der Waals surface area contributed by atoms with Crippen LogP contribution in [0.3, 0.4) is 0 Å². The summed E-state index contributed by atoms with van der Waals surface area (Å²) in [5.74, 6) is 0. The normalized spacial score (nSPS) is 10.7. The maximum absolute atomic E-state index is 6.35. The highest BCUT2D eigenvalue weighted by molar-refractivity contribution is 6.33. The Bertz CT molecular complexity index is 352. The van der Waals surface area contributed by atoms with E-state index in [0.717, 1.165) is 30.3 Å². The molecule has 0 bridgehead atoms. The van der Waals surface area contributed by atoms with E-state index in [4.69, 9.17) is 11.6 Å². The number of rotatable bonds is 8. The fraction of sp³-hybridized carbons (Fsp3) is 0.600. The predicted molar refractivity (Wildman–Crippen MR) is 81.6 cm³/mol. The Morgan fingerprint density at radius 3 is 2.61 bits per heavy atom. The second-order valence-corrected chi connectivity index (χ2v) is 5.10. The number of hydrogen-bond acceptors (Lipinski definition) is 2. The molecule has 1 aromatic rings. The summed E-state index contributed by atoms with van der Waals surface area (Å²) in [5, 5.41) is 4.16. The largest absolute Gasteiger partial charge is 0.373 e. The summed E-state index contributed by atoms with van der Waals surface area (Å²) in [5.41, 5.74) is 2.38. The molecule has 0 atom stereocenters. The first-order valence-corrected chi connectivity index (χ1v) is 7.27. The zero-order valence-electron chi connectivity index (χ0n) is 11.8. The van der Waals surface area contributed by atoms with Crippen LogP contribution in [0.4, 0.5) is 5.69 Å². The number of nitrogens with zero attached hydrogens (tertiary/aromatic N) is 1. The summed E-state index contributed by atoms with van der Waals surface area (Å²) in [4.78, 5) is 2.25. The molecule has 0 aromatic heterocycles. The van der Waals surface area contributed by atoms with Gasteiger partial charge in [-0.2, -0.15) is 0 Å². The molecule has 0 heterocycles. The molecule has 102 valence electrons. The van der Waals surface area contributed by atoms with Crippen LogP contribution in [0, 0.1) is 0 Å². The van der Waals surface area contributed by atoms with Crippen LogP contribution in [0.25, 0.3) is 0 Å². The topological polar surface area (TPSA) is 15.3 Å². The molecule has 1 aromatic carbocycles. The van der Waals surface area contributed by atoms with E-state index >= 15 is 0 Å². The lowest BCUT2D eigenvalue weighted by Crippen LogP contribution is -2.19. The predicted octanol–water partition coefficient (Wildman–Crippen LogP) is 4.08. The van der Waals surface area contributed by atoms with Gasteiger partial charge in [0.25, 0.3) is 0 Å². The molecule has 0 saturated carbocycles. The summed E-state index contributed by atoms with van der Waals surface area (Å²) in [6.07, 6.45) is 3.76. The molecule has 2 nitrogen and oxygen atoms in total. The lowest BCUT2D eigenvalue weighted by atomic mass is 10.2. The number of anilines is 1. The summed E-state index contributed by atoms with van der Waals surface area (Å²) < 4.78 is 0. The first-order valence-electron chi connectivity index (χ1n) is 6.89. The Morgan fingerprint density at radius 1 is 1.22 bits per heavy atom. The van der Waals surface area contributed by atoms with E-state index in [1.807, 2.05) is 0 Å². The Kier molecular flexibility index (Phi) is 7.14. The van der Waals surface area contributed by atoms with E-state index in [1.54, 1.807) is 0 Å². The van der Waals surface area contributed by atoms with Gasteiger partial charge in [-0.1, -0.05) is 44.4 Å². The van der Waals surface area contributed by atoms with E-state index in [2.05, 4.69) is 49.3 Å². The second-order valence-electron chi connectivity index (χ2n) is 4.69. The first kappa shape index (κ1) is 15.3. The van der Waals surface area contributed by atoms with Crippen molar-refractivity contribution in [2.45, 2.75) is 39.7 Å². The van der Waals surface area contributed by atoms with E-state index in [-0.39, 0.29) is 0 Å². The molecular formula is C15H25ClN2. The average molecular weight is 269 g/mol. The molecular weight excluding hydrogens is 244 g/mol. The van der Waals surface area contributed by atoms with Crippen LogP contribution in [0.1, 0.15) is 38.7 Å². The quantitative estimate of drug-likeness (QED) is 0.715. The van der Waals surface area contributed by atoms with Crippen LogP contribution in [-0.4, -0.2) is 20.1 Å². The Hall–Kier alpha value is -0.730. The minimum absolute atomic E-state index is 0.851. The van der Waals surface area contributed by atoms with Gasteiger partial charge < -0.3 is 10.2 Å². The Balaban J connectivity index is 2.60. The van der Waals surface area contributed by atoms with Crippen LogP contribution in [0.15, 0.2) is 18.2 Å². The summed E-state index contributed by atoms with van der Waals surface area (Å²) in [6.45, 7) is 7.27. The van der Waals surface area contributed by atoms with Gasteiger partial charge in [-0.25, -0.2) is 0 Å². The maximum atomic E-state index is 6.35. The molecule has 0 aliphatic rings. The highest BCUT2D eigenvalue weighted by Gasteiger charge is 2.06. The van der Waals surface area contributed by atoms with Crippen LogP contribution < -0.4 is 10.2 Å². The van der Waals surface area contributed by atoms with Crippen molar-refractivity contribution < 1.29 is 0 Å². The van der Waals surface area contributed by atoms with Gasteiger partial charge in [-0.05, 0) is 30.7 Å². The van der Waals surface area contributed by atoms with Gasteiger partial charge in [0.15, 0.2) is 0 Å². The summed E-state index contributed by atoms with van der Waals surface area (Å²) in [6, 6.07) is 6.34. The Labute approximate surface area is 116 Å². The Morgan fingerprint density at radius 2 is 2.00 bits per heavy atom. The molecule has 0 aliphatic carbocycles. The van der Waals surface area contributed by atoms with Gasteiger partial charge >= 0.3 is 0 Å². The molecule has 0 amide bonds. The molecule has 1 rings (SSSR count). The SMILES string of the molecule is CCCCCN(C)c1ccc(CNCC)cc1Cl. The lowest BCUT2D eigenvalue weighted by molar-refractivity contribution is 0.704. The van der Waals surface area contributed by atoms with E-state index in [0.29, 0.717) is 0 Å². The second kappa shape index (κ2) is 8.39. The maximum Gasteiger partial charge on any atom is 0.0642 e. The van der Waals surface area contributed by atoms with Crippen LogP contribution >= 0.6 is 11.6 Å². The number of halogens is 1. The van der Waals surface area contributed by atoms with Crippen molar-refractivity contribution in [3.8, 4) is 0 Å². The minimum atomic E-state index is 0.851. The molecule has 0 saturated heterocycles. The molecule has 0 fully saturated rings. The average Bonchev–Trinajstić information content (AvgIpc) is 2.36. The van der Waals surface area contributed by atoms with Gasteiger partial charge in [0.1, 0.15) is 0 Å². The van der Waals surface area contributed by atoms with Gasteiger partial charge in [0.05, 0.1) is 10.7 Å². The number of hydrogen-bond donors (Lipinski definition) is 1. The van der Waals surface area contributed by atoms with E-state index in [1.165, 1.54) is 24.8 Å². The van der Waals surface area contributed by atoms with Crippen LogP contribution in [-0.2, 0) is 6.54 Å². The summed E-state index contributed by atoms with van der Waals surface area (Å²) >= 11 is 6.35. The van der Waals surface area contributed by atoms with Crippen LogP contribution in [0.5, 0.6) is 0 Å². The fourth-order valence-electron chi connectivity index (χ4n) is 1.96. The fourth-order valence-corrected chi connectivity index (χ4v) is 2.31. The number of benzene rings is 1. The zero-order valence-corrected chi connectivity index (χ0v) is 12.6. The van der Waals surface area contributed by atoms with Crippen molar-refractivity contribution in [1.82, 2.24) is 5.32 Å².